The van der Waals surface area contributed by atoms with Crippen LogP contribution in [-0.2, 0) is 6.18 Å². The topological polar surface area (TPSA) is 42.9 Å². The van der Waals surface area contributed by atoms with E-state index in [2.05, 4.69) is 10.5 Å². The molecule has 7 heteroatoms. The summed E-state index contributed by atoms with van der Waals surface area (Å²) in [4.78, 5) is 0. The Labute approximate surface area is 137 Å². The summed E-state index contributed by atoms with van der Waals surface area (Å²) in [7, 11) is 3.03. The minimum absolute atomic E-state index is 0.119. The average Bonchev–Trinajstić information content (AvgIpc) is 2.58. The number of hydrogen-bond donors (Lipinski definition) is 1. The molecule has 0 aliphatic heterocycles. The lowest BCUT2D eigenvalue weighted by Gasteiger charge is -2.13. The van der Waals surface area contributed by atoms with Crippen LogP contribution in [0.2, 0.25) is 0 Å². The molecule has 0 unspecified atom stereocenters. The Bertz CT molecular complexity index is 743. The lowest BCUT2D eigenvalue weighted by molar-refractivity contribution is -0.136. The van der Waals surface area contributed by atoms with Gasteiger partial charge in [0.05, 0.1) is 31.2 Å². The van der Waals surface area contributed by atoms with E-state index in [9.17, 15) is 13.2 Å². The molecule has 2 aromatic rings. The van der Waals surface area contributed by atoms with E-state index in [1.807, 2.05) is 0 Å². The molecule has 0 aliphatic carbocycles. The number of hydrazone groups is 1. The molecule has 1 N–H and O–H groups in total. The van der Waals surface area contributed by atoms with Crippen LogP contribution in [0.25, 0.3) is 0 Å². The van der Waals surface area contributed by atoms with Gasteiger partial charge in [0.15, 0.2) is 0 Å². The minimum Gasteiger partial charge on any atom is -0.497 e. The summed E-state index contributed by atoms with van der Waals surface area (Å²) in [5.41, 5.74) is 2.66. The predicted molar refractivity (Wildman–Crippen MR) is 86.8 cm³/mol. The van der Waals surface area contributed by atoms with Gasteiger partial charge in [0.2, 0.25) is 0 Å². The molecule has 0 saturated heterocycles. The summed E-state index contributed by atoms with van der Waals surface area (Å²) in [6, 6.07) is 10.3. The van der Waals surface area contributed by atoms with E-state index < -0.39 is 11.7 Å². The molecule has 0 amide bonds. The SMILES string of the molecule is COc1ccc(OC)c(C(C)=NNc2ccccc2C(F)(F)F)c1. The molecule has 0 saturated carbocycles. The van der Waals surface area contributed by atoms with Crippen LogP contribution in [0.3, 0.4) is 0 Å². The lowest BCUT2D eigenvalue weighted by atomic mass is 10.1. The van der Waals surface area contributed by atoms with Gasteiger partial charge in [-0.3, -0.25) is 5.43 Å². The van der Waals surface area contributed by atoms with Gasteiger partial charge in [-0.15, -0.1) is 0 Å². The molecule has 0 aliphatic rings. The number of benzene rings is 2. The second-order valence-electron chi connectivity index (χ2n) is 4.92. The summed E-state index contributed by atoms with van der Waals surface area (Å²) in [5, 5.41) is 4.05. The highest BCUT2D eigenvalue weighted by Gasteiger charge is 2.33. The van der Waals surface area contributed by atoms with Gasteiger partial charge in [0.25, 0.3) is 0 Å². The van der Waals surface area contributed by atoms with E-state index in [1.165, 1.54) is 32.4 Å². The van der Waals surface area contributed by atoms with Gasteiger partial charge in [-0.2, -0.15) is 18.3 Å². The van der Waals surface area contributed by atoms with Gasteiger partial charge in [-0.25, -0.2) is 0 Å². The third-order valence-corrected chi connectivity index (χ3v) is 3.37. The number of halogens is 3. The number of nitrogens with zero attached hydrogens (tertiary/aromatic N) is 1. The lowest BCUT2D eigenvalue weighted by Crippen LogP contribution is -2.09. The number of alkyl halides is 3. The first kappa shape index (κ1) is 17.7. The summed E-state index contributed by atoms with van der Waals surface area (Å²) in [6.45, 7) is 1.67. The van der Waals surface area contributed by atoms with Crippen LogP contribution >= 0.6 is 0 Å². The van der Waals surface area contributed by atoms with Gasteiger partial charge in [-0.1, -0.05) is 12.1 Å². The Kier molecular flexibility index (Phi) is 5.33. The summed E-state index contributed by atoms with van der Waals surface area (Å²) in [5.74, 6) is 1.14. The Balaban J connectivity index is 2.34. The van der Waals surface area contributed by atoms with Gasteiger partial charge in [-0.05, 0) is 37.3 Å². The summed E-state index contributed by atoms with van der Waals surface area (Å²) < 4.78 is 49.4. The van der Waals surface area contributed by atoms with Crippen molar-refractivity contribution in [1.29, 1.82) is 0 Å². The van der Waals surface area contributed by atoms with Gasteiger partial charge >= 0.3 is 6.18 Å². The monoisotopic (exact) mass is 338 g/mol. The van der Waals surface area contributed by atoms with Gasteiger partial charge < -0.3 is 9.47 Å². The zero-order chi connectivity index (χ0) is 17.7. The second-order valence-corrected chi connectivity index (χ2v) is 4.92. The van der Waals surface area contributed by atoms with E-state index in [4.69, 9.17) is 9.47 Å². The second kappa shape index (κ2) is 7.25. The van der Waals surface area contributed by atoms with E-state index in [-0.39, 0.29) is 5.69 Å². The van der Waals surface area contributed by atoms with Crippen LogP contribution in [0.15, 0.2) is 47.6 Å². The van der Waals surface area contributed by atoms with Crippen LogP contribution in [0.1, 0.15) is 18.1 Å². The predicted octanol–water partition coefficient (Wildman–Crippen LogP) is 4.56. The van der Waals surface area contributed by atoms with Crippen LogP contribution in [-0.4, -0.2) is 19.9 Å². The molecule has 0 fully saturated rings. The number of ether oxygens (including phenoxy) is 2. The van der Waals surface area contributed by atoms with E-state index in [1.54, 1.807) is 25.1 Å². The average molecular weight is 338 g/mol. The zero-order valence-corrected chi connectivity index (χ0v) is 13.4. The molecular formula is C17H17F3N2O2. The van der Waals surface area contributed by atoms with Crippen molar-refractivity contribution in [3.8, 4) is 11.5 Å². The fourth-order valence-electron chi connectivity index (χ4n) is 2.13. The largest absolute Gasteiger partial charge is 0.497 e. The van der Waals surface area contributed by atoms with Gasteiger partial charge in [0, 0.05) is 5.56 Å². The van der Waals surface area contributed by atoms with Crippen molar-refractivity contribution in [2.75, 3.05) is 19.6 Å². The molecule has 2 aromatic carbocycles. The third kappa shape index (κ3) is 3.98. The molecule has 0 radical (unpaired) electrons. The Hall–Kier alpha value is -2.70. The van der Waals surface area contributed by atoms with Crippen LogP contribution < -0.4 is 14.9 Å². The molecule has 0 heterocycles. The van der Waals surface area contributed by atoms with Gasteiger partial charge in [0.1, 0.15) is 11.5 Å². The fraction of sp³-hybridized carbons (Fsp3) is 0.235. The molecule has 128 valence electrons. The Morgan fingerprint density at radius 2 is 1.75 bits per heavy atom. The summed E-state index contributed by atoms with van der Waals surface area (Å²) in [6.07, 6.45) is -4.46. The number of rotatable bonds is 5. The first-order chi connectivity index (χ1) is 11.4. The molecule has 24 heavy (non-hydrogen) atoms. The molecule has 0 bridgehead atoms. The van der Waals surface area contributed by atoms with E-state index >= 15 is 0 Å². The number of para-hydroxylation sites is 1. The Morgan fingerprint density at radius 1 is 1.04 bits per heavy atom. The standard InChI is InChI=1S/C17H17F3N2O2/c1-11(13-10-12(23-2)8-9-16(13)24-3)21-22-15-7-5-4-6-14(15)17(18,19)20/h4-10,22H,1-3H3. The molecule has 4 nitrogen and oxygen atoms in total. The quantitative estimate of drug-likeness (QED) is 0.642. The minimum atomic E-state index is -4.46. The maximum absolute atomic E-state index is 13.0. The van der Waals surface area contributed by atoms with Crippen molar-refractivity contribution in [2.45, 2.75) is 13.1 Å². The fourth-order valence-corrected chi connectivity index (χ4v) is 2.13. The molecule has 0 spiro atoms. The first-order valence-corrected chi connectivity index (χ1v) is 7.05. The highest BCUT2D eigenvalue weighted by atomic mass is 19.4. The highest BCUT2D eigenvalue weighted by molar-refractivity contribution is 6.01. The van der Waals surface area contributed by atoms with Crippen molar-refractivity contribution in [2.24, 2.45) is 5.10 Å². The first-order valence-electron chi connectivity index (χ1n) is 7.05. The number of methoxy groups -OCH3 is 2. The van der Waals surface area contributed by atoms with Crippen molar-refractivity contribution < 1.29 is 22.6 Å². The Morgan fingerprint density at radius 3 is 2.38 bits per heavy atom. The number of anilines is 1. The van der Waals surface area contributed by atoms with Crippen molar-refractivity contribution in [3.05, 3.63) is 53.6 Å². The number of nitrogens with one attached hydrogen (secondary N) is 1. The maximum atomic E-state index is 13.0. The van der Waals surface area contributed by atoms with Crippen molar-refractivity contribution >= 4 is 11.4 Å². The van der Waals surface area contributed by atoms with E-state index in [0.717, 1.165) is 6.07 Å². The van der Waals surface area contributed by atoms with Crippen LogP contribution in [0, 0.1) is 0 Å². The molecular weight excluding hydrogens is 321 g/mol. The van der Waals surface area contributed by atoms with Crippen molar-refractivity contribution in [1.82, 2.24) is 0 Å². The van der Waals surface area contributed by atoms with Crippen molar-refractivity contribution in [3.63, 3.8) is 0 Å². The normalized spacial score (nSPS) is 12.0. The maximum Gasteiger partial charge on any atom is 0.418 e. The third-order valence-electron chi connectivity index (χ3n) is 3.37. The zero-order valence-electron chi connectivity index (χ0n) is 13.4. The van der Waals surface area contributed by atoms with E-state index in [0.29, 0.717) is 22.8 Å². The molecule has 0 aromatic heterocycles. The van der Waals surface area contributed by atoms with Crippen LogP contribution in [0.4, 0.5) is 18.9 Å². The smallest absolute Gasteiger partial charge is 0.418 e. The molecule has 0 atom stereocenters. The highest BCUT2D eigenvalue weighted by Crippen LogP contribution is 2.34. The number of hydrogen-bond acceptors (Lipinski definition) is 4. The molecule has 2 rings (SSSR count). The summed E-state index contributed by atoms with van der Waals surface area (Å²) >= 11 is 0. The van der Waals surface area contributed by atoms with Crippen LogP contribution in [0.5, 0.6) is 11.5 Å².